The number of rotatable bonds is 2. The highest BCUT2D eigenvalue weighted by molar-refractivity contribution is 4.80. The zero-order valence-corrected chi connectivity index (χ0v) is 12.7. The highest BCUT2D eigenvalue weighted by Gasteiger charge is 2.22. The second-order valence-electron chi connectivity index (χ2n) is 4.74. The topological polar surface area (TPSA) is 27.3 Å². The third-order valence-corrected chi connectivity index (χ3v) is 3.59. The lowest BCUT2D eigenvalue weighted by molar-refractivity contribution is 0.136. The van der Waals surface area contributed by atoms with Gasteiger partial charge in [0, 0.05) is 32.2 Å². The lowest BCUT2D eigenvalue weighted by Crippen LogP contribution is -2.51. The Labute approximate surface area is 114 Å². The number of hydrogen-bond acceptors (Lipinski definition) is 3. The summed E-state index contributed by atoms with van der Waals surface area (Å²) in [7, 11) is 0. The first-order valence-electron chi connectivity index (χ1n) is 7.52. The molecule has 2 rings (SSSR count). The molecule has 0 amide bonds. The molecule has 18 heavy (non-hydrogen) atoms. The Morgan fingerprint density at radius 3 is 2.22 bits per heavy atom. The molecular formula is C15H33N3. The Hall–Kier alpha value is -0.380. The van der Waals surface area contributed by atoms with Crippen molar-refractivity contribution in [2.24, 2.45) is 5.92 Å². The smallest absolute Gasteiger partial charge is 0.0193 e. The van der Waals surface area contributed by atoms with E-state index in [4.69, 9.17) is 0 Å². The maximum Gasteiger partial charge on any atom is 0.0193 e. The van der Waals surface area contributed by atoms with Crippen molar-refractivity contribution in [3.63, 3.8) is 0 Å². The molecule has 2 aliphatic heterocycles. The van der Waals surface area contributed by atoms with Gasteiger partial charge in [0.2, 0.25) is 0 Å². The van der Waals surface area contributed by atoms with Crippen molar-refractivity contribution in [2.75, 3.05) is 39.3 Å². The van der Waals surface area contributed by atoms with Crippen LogP contribution >= 0.6 is 0 Å². The fourth-order valence-electron chi connectivity index (χ4n) is 2.55. The van der Waals surface area contributed by atoms with Crippen molar-refractivity contribution in [1.29, 1.82) is 0 Å². The zero-order chi connectivity index (χ0) is 13.8. The Kier molecular flexibility index (Phi) is 11.4. The summed E-state index contributed by atoms with van der Waals surface area (Å²) < 4.78 is 0. The van der Waals surface area contributed by atoms with E-state index in [0.717, 1.165) is 12.0 Å². The Bertz CT molecular complexity index is 179. The van der Waals surface area contributed by atoms with Gasteiger partial charge in [0.25, 0.3) is 0 Å². The minimum absolute atomic E-state index is 0.735. The quantitative estimate of drug-likeness (QED) is 0.740. The molecule has 0 bridgehead atoms. The van der Waals surface area contributed by atoms with Gasteiger partial charge in [0.1, 0.15) is 0 Å². The SMILES string of the molecule is C=C.CC.C[C@@H]1CNCCN1CC1CCNCC1. The van der Waals surface area contributed by atoms with Crippen LogP contribution in [0.3, 0.4) is 0 Å². The number of piperidine rings is 1. The van der Waals surface area contributed by atoms with Crippen molar-refractivity contribution < 1.29 is 0 Å². The largest absolute Gasteiger partial charge is 0.317 e. The van der Waals surface area contributed by atoms with Gasteiger partial charge in [-0.3, -0.25) is 4.90 Å². The fraction of sp³-hybridized carbons (Fsp3) is 0.867. The van der Waals surface area contributed by atoms with Gasteiger partial charge >= 0.3 is 0 Å². The van der Waals surface area contributed by atoms with Gasteiger partial charge < -0.3 is 10.6 Å². The van der Waals surface area contributed by atoms with E-state index in [1.807, 2.05) is 13.8 Å². The first-order valence-corrected chi connectivity index (χ1v) is 7.52. The van der Waals surface area contributed by atoms with E-state index in [2.05, 4.69) is 35.6 Å². The molecule has 108 valence electrons. The van der Waals surface area contributed by atoms with Crippen LogP contribution < -0.4 is 10.6 Å². The van der Waals surface area contributed by atoms with Crippen LogP contribution in [0.2, 0.25) is 0 Å². The van der Waals surface area contributed by atoms with E-state index in [-0.39, 0.29) is 0 Å². The summed E-state index contributed by atoms with van der Waals surface area (Å²) >= 11 is 0. The van der Waals surface area contributed by atoms with Crippen LogP contribution in [0.15, 0.2) is 13.2 Å². The minimum atomic E-state index is 0.735. The van der Waals surface area contributed by atoms with Gasteiger partial charge in [-0.05, 0) is 38.8 Å². The number of piperazine rings is 1. The van der Waals surface area contributed by atoms with Gasteiger partial charge in [0.15, 0.2) is 0 Å². The summed E-state index contributed by atoms with van der Waals surface area (Å²) in [4.78, 5) is 2.66. The maximum absolute atomic E-state index is 3.45. The lowest BCUT2D eigenvalue weighted by atomic mass is 9.96. The van der Waals surface area contributed by atoms with Crippen LogP contribution in [0.1, 0.15) is 33.6 Å². The highest BCUT2D eigenvalue weighted by atomic mass is 15.2. The summed E-state index contributed by atoms with van der Waals surface area (Å²) in [6.45, 7) is 19.7. The zero-order valence-electron chi connectivity index (χ0n) is 12.7. The van der Waals surface area contributed by atoms with Crippen molar-refractivity contribution >= 4 is 0 Å². The first-order chi connectivity index (χ1) is 8.86. The van der Waals surface area contributed by atoms with Gasteiger partial charge in [-0.1, -0.05) is 13.8 Å². The summed E-state index contributed by atoms with van der Waals surface area (Å²) in [5, 5.41) is 6.88. The predicted octanol–water partition coefficient (Wildman–Crippen LogP) is 2.11. The second-order valence-corrected chi connectivity index (χ2v) is 4.74. The molecule has 2 fully saturated rings. The van der Waals surface area contributed by atoms with Crippen molar-refractivity contribution in [3.8, 4) is 0 Å². The van der Waals surface area contributed by atoms with E-state index in [1.165, 1.54) is 52.1 Å². The number of nitrogens with zero attached hydrogens (tertiary/aromatic N) is 1. The summed E-state index contributed by atoms with van der Waals surface area (Å²) in [5.41, 5.74) is 0. The molecule has 0 unspecified atom stereocenters. The molecule has 0 aromatic carbocycles. The third kappa shape index (κ3) is 6.53. The number of hydrogen-bond donors (Lipinski definition) is 2. The molecule has 2 saturated heterocycles. The molecule has 2 N–H and O–H groups in total. The van der Waals surface area contributed by atoms with Crippen LogP contribution in [0.5, 0.6) is 0 Å². The Morgan fingerprint density at radius 1 is 1.06 bits per heavy atom. The van der Waals surface area contributed by atoms with E-state index < -0.39 is 0 Å². The summed E-state index contributed by atoms with van der Waals surface area (Å²) in [6.07, 6.45) is 2.74. The summed E-state index contributed by atoms with van der Waals surface area (Å²) in [5.74, 6) is 0.941. The second kappa shape index (κ2) is 11.7. The van der Waals surface area contributed by atoms with Crippen LogP contribution in [0.4, 0.5) is 0 Å². The summed E-state index contributed by atoms with van der Waals surface area (Å²) in [6, 6.07) is 0.735. The molecule has 2 aliphatic rings. The molecule has 1 atom stereocenters. The highest BCUT2D eigenvalue weighted by Crippen LogP contribution is 2.15. The predicted molar refractivity (Wildman–Crippen MR) is 82.1 cm³/mol. The minimum Gasteiger partial charge on any atom is -0.317 e. The van der Waals surface area contributed by atoms with E-state index in [9.17, 15) is 0 Å². The molecular weight excluding hydrogens is 222 g/mol. The van der Waals surface area contributed by atoms with E-state index in [0.29, 0.717) is 0 Å². The molecule has 0 spiro atoms. The third-order valence-electron chi connectivity index (χ3n) is 3.59. The van der Waals surface area contributed by atoms with E-state index >= 15 is 0 Å². The van der Waals surface area contributed by atoms with Gasteiger partial charge in [0.05, 0.1) is 0 Å². The Morgan fingerprint density at radius 2 is 1.67 bits per heavy atom. The molecule has 0 aromatic rings. The standard InChI is InChI=1S/C11H23N3.C2H6.C2H4/c1-10-8-13-6-7-14(10)9-11-2-4-12-5-3-11;2*1-2/h10-13H,2-9H2,1H3;1-2H3;1-2H2/t10-;;/m1../s1. The van der Waals surface area contributed by atoms with Crippen LogP contribution in [-0.4, -0.2) is 50.2 Å². The van der Waals surface area contributed by atoms with E-state index in [1.54, 1.807) is 0 Å². The Balaban J connectivity index is 0.000000659. The first kappa shape index (κ1) is 17.6. The molecule has 0 aromatic heterocycles. The van der Waals surface area contributed by atoms with Gasteiger partial charge in [-0.25, -0.2) is 0 Å². The van der Waals surface area contributed by atoms with Crippen LogP contribution in [0, 0.1) is 5.92 Å². The van der Waals surface area contributed by atoms with Crippen molar-refractivity contribution in [3.05, 3.63) is 13.2 Å². The van der Waals surface area contributed by atoms with Crippen LogP contribution in [-0.2, 0) is 0 Å². The lowest BCUT2D eigenvalue weighted by Gasteiger charge is -2.37. The molecule has 3 heteroatoms. The maximum atomic E-state index is 3.45. The van der Waals surface area contributed by atoms with Gasteiger partial charge in [-0.2, -0.15) is 0 Å². The average Bonchev–Trinajstić information content (AvgIpc) is 2.47. The monoisotopic (exact) mass is 255 g/mol. The normalized spacial score (nSPS) is 25.4. The van der Waals surface area contributed by atoms with Gasteiger partial charge in [-0.15, -0.1) is 13.2 Å². The number of nitrogens with one attached hydrogen (secondary N) is 2. The molecule has 0 aliphatic carbocycles. The van der Waals surface area contributed by atoms with Crippen LogP contribution in [0.25, 0.3) is 0 Å². The average molecular weight is 255 g/mol. The molecule has 3 nitrogen and oxygen atoms in total. The van der Waals surface area contributed by atoms with Crippen molar-refractivity contribution in [1.82, 2.24) is 15.5 Å². The fourth-order valence-corrected chi connectivity index (χ4v) is 2.55. The molecule has 2 heterocycles. The van der Waals surface area contributed by atoms with Crippen molar-refractivity contribution in [2.45, 2.75) is 39.7 Å². The molecule has 0 saturated carbocycles. The molecule has 0 radical (unpaired) electrons.